The first-order chi connectivity index (χ1) is 5.34. The summed E-state index contributed by atoms with van der Waals surface area (Å²) in [4.78, 5) is 0. The van der Waals surface area contributed by atoms with Gasteiger partial charge in [-0.05, 0) is 38.3 Å². The zero-order valence-corrected chi connectivity index (χ0v) is 6.85. The van der Waals surface area contributed by atoms with Crippen LogP contribution in [0, 0.1) is 5.92 Å². The summed E-state index contributed by atoms with van der Waals surface area (Å²) >= 11 is 0. The van der Waals surface area contributed by atoms with E-state index in [1.54, 1.807) is 0 Å². The van der Waals surface area contributed by atoms with Crippen LogP contribution >= 0.6 is 0 Å². The van der Waals surface area contributed by atoms with Crippen molar-refractivity contribution in [2.75, 3.05) is 19.6 Å². The molecule has 0 aromatic rings. The molecule has 1 aliphatic heterocycles. The maximum absolute atomic E-state index is 13.1. The standard InChI is InChI=1S/C8H17FN2/c9-8-6-11-5-3-7(8)2-1-4-10/h7-8,11H,1-6,10H2. The molecule has 0 amide bonds. The van der Waals surface area contributed by atoms with E-state index >= 15 is 0 Å². The summed E-state index contributed by atoms with van der Waals surface area (Å²) in [5, 5.41) is 3.03. The second kappa shape index (κ2) is 4.67. The van der Waals surface area contributed by atoms with Crippen LogP contribution in [0.5, 0.6) is 0 Å². The van der Waals surface area contributed by atoms with Gasteiger partial charge in [-0.3, -0.25) is 0 Å². The molecule has 0 spiro atoms. The molecule has 1 aliphatic rings. The van der Waals surface area contributed by atoms with Crippen molar-refractivity contribution in [3.63, 3.8) is 0 Å². The predicted molar refractivity (Wildman–Crippen MR) is 44.2 cm³/mol. The number of halogens is 1. The molecule has 0 saturated carbocycles. The Bertz CT molecular complexity index is 108. The van der Waals surface area contributed by atoms with Crippen LogP contribution in [0.25, 0.3) is 0 Å². The summed E-state index contributed by atoms with van der Waals surface area (Å²) in [6.45, 7) is 2.20. The molecule has 3 heteroatoms. The first-order valence-electron chi connectivity index (χ1n) is 4.39. The fraction of sp³-hybridized carbons (Fsp3) is 1.00. The van der Waals surface area contributed by atoms with Crippen LogP contribution < -0.4 is 11.1 Å². The molecule has 2 nitrogen and oxygen atoms in total. The highest BCUT2D eigenvalue weighted by molar-refractivity contribution is 4.77. The lowest BCUT2D eigenvalue weighted by Crippen LogP contribution is -2.38. The second-order valence-electron chi connectivity index (χ2n) is 3.20. The molecule has 1 rings (SSSR count). The Labute approximate surface area is 67.3 Å². The average Bonchev–Trinajstić information content (AvgIpc) is 2.03. The Balaban J connectivity index is 2.18. The van der Waals surface area contributed by atoms with Crippen molar-refractivity contribution in [1.29, 1.82) is 0 Å². The average molecular weight is 160 g/mol. The summed E-state index contributed by atoms with van der Waals surface area (Å²) in [7, 11) is 0. The largest absolute Gasteiger partial charge is 0.330 e. The van der Waals surface area contributed by atoms with Gasteiger partial charge in [0.25, 0.3) is 0 Å². The summed E-state index contributed by atoms with van der Waals surface area (Å²) in [5.74, 6) is 0.264. The normalized spacial score (nSPS) is 32.2. The molecule has 2 unspecified atom stereocenters. The lowest BCUT2D eigenvalue weighted by atomic mass is 9.91. The summed E-state index contributed by atoms with van der Waals surface area (Å²) in [6, 6.07) is 0. The number of alkyl halides is 1. The van der Waals surface area contributed by atoms with Crippen molar-refractivity contribution < 1.29 is 4.39 Å². The van der Waals surface area contributed by atoms with Gasteiger partial charge in [0.1, 0.15) is 6.17 Å². The van der Waals surface area contributed by atoms with Gasteiger partial charge in [-0.2, -0.15) is 0 Å². The Morgan fingerprint density at radius 3 is 3.00 bits per heavy atom. The minimum atomic E-state index is -0.643. The zero-order valence-electron chi connectivity index (χ0n) is 6.85. The maximum Gasteiger partial charge on any atom is 0.115 e. The summed E-state index contributed by atoms with van der Waals surface area (Å²) in [6.07, 6.45) is 2.25. The molecule has 0 aromatic carbocycles. The molecule has 0 radical (unpaired) electrons. The van der Waals surface area contributed by atoms with E-state index in [9.17, 15) is 4.39 Å². The number of rotatable bonds is 3. The monoisotopic (exact) mass is 160 g/mol. The van der Waals surface area contributed by atoms with Crippen molar-refractivity contribution in [2.45, 2.75) is 25.4 Å². The van der Waals surface area contributed by atoms with E-state index in [1.807, 2.05) is 0 Å². The molecular formula is C8H17FN2. The van der Waals surface area contributed by atoms with Crippen molar-refractivity contribution in [3.05, 3.63) is 0 Å². The quantitative estimate of drug-likeness (QED) is 0.637. The van der Waals surface area contributed by atoms with Gasteiger partial charge in [-0.1, -0.05) is 0 Å². The van der Waals surface area contributed by atoms with E-state index in [4.69, 9.17) is 5.73 Å². The highest BCUT2D eigenvalue weighted by Gasteiger charge is 2.23. The van der Waals surface area contributed by atoms with Gasteiger partial charge in [0, 0.05) is 6.54 Å². The van der Waals surface area contributed by atoms with E-state index in [0.29, 0.717) is 13.1 Å². The third kappa shape index (κ3) is 2.75. The van der Waals surface area contributed by atoms with Crippen molar-refractivity contribution >= 4 is 0 Å². The maximum atomic E-state index is 13.1. The van der Waals surface area contributed by atoms with Crippen LogP contribution in [0.1, 0.15) is 19.3 Å². The molecule has 66 valence electrons. The zero-order chi connectivity index (χ0) is 8.10. The van der Waals surface area contributed by atoms with Crippen LogP contribution in [0.3, 0.4) is 0 Å². The third-order valence-corrected chi connectivity index (χ3v) is 2.32. The molecule has 0 aliphatic carbocycles. The van der Waals surface area contributed by atoms with Crippen molar-refractivity contribution in [2.24, 2.45) is 11.7 Å². The highest BCUT2D eigenvalue weighted by Crippen LogP contribution is 2.20. The van der Waals surface area contributed by atoms with E-state index in [2.05, 4.69) is 5.32 Å². The third-order valence-electron chi connectivity index (χ3n) is 2.32. The molecule has 3 N–H and O–H groups in total. The molecule has 0 aromatic heterocycles. The van der Waals surface area contributed by atoms with Crippen molar-refractivity contribution in [1.82, 2.24) is 5.32 Å². The van der Waals surface area contributed by atoms with Crippen LogP contribution in [0.4, 0.5) is 4.39 Å². The fourth-order valence-corrected chi connectivity index (χ4v) is 1.58. The topological polar surface area (TPSA) is 38.0 Å². The summed E-state index contributed by atoms with van der Waals surface area (Å²) < 4.78 is 13.1. The van der Waals surface area contributed by atoms with Crippen LogP contribution in [0.2, 0.25) is 0 Å². The van der Waals surface area contributed by atoms with E-state index < -0.39 is 6.17 Å². The van der Waals surface area contributed by atoms with Gasteiger partial charge in [0.05, 0.1) is 0 Å². The van der Waals surface area contributed by atoms with Gasteiger partial charge >= 0.3 is 0 Å². The lowest BCUT2D eigenvalue weighted by Gasteiger charge is -2.26. The summed E-state index contributed by atoms with van der Waals surface area (Å²) in [5.41, 5.74) is 5.35. The van der Waals surface area contributed by atoms with E-state index in [-0.39, 0.29) is 5.92 Å². The molecule has 1 heterocycles. The number of nitrogens with one attached hydrogen (secondary N) is 1. The van der Waals surface area contributed by atoms with Gasteiger partial charge in [0.2, 0.25) is 0 Å². The minimum Gasteiger partial charge on any atom is -0.330 e. The van der Waals surface area contributed by atoms with Crippen molar-refractivity contribution in [3.8, 4) is 0 Å². The molecule has 2 atom stereocenters. The second-order valence-corrected chi connectivity index (χ2v) is 3.20. The van der Waals surface area contributed by atoms with Gasteiger partial charge < -0.3 is 11.1 Å². The van der Waals surface area contributed by atoms with Gasteiger partial charge in [-0.25, -0.2) is 4.39 Å². The van der Waals surface area contributed by atoms with Crippen LogP contribution in [-0.4, -0.2) is 25.8 Å². The van der Waals surface area contributed by atoms with E-state index in [0.717, 1.165) is 25.8 Å². The number of hydrogen-bond donors (Lipinski definition) is 2. The number of hydrogen-bond acceptors (Lipinski definition) is 2. The molecular weight excluding hydrogens is 143 g/mol. The Kier molecular flexibility index (Phi) is 3.80. The molecule has 0 bridgehead atoms. The first kappa shape index (κ1) is 8.94. The number of nitrogens with two attached hydrogens (primary N) is 1. The molecule has 1 fully saturated rings. The van der Waals surface area contributed by atoms with Crippen LogP contribution in [0.15, 0.2) is 0 Å². The fourth-order valence-electron chi connectivity index (χ4n) is 1.58. The van der Waals surface area contributed by atoms with Gasteiger partial charge in [0.15, 0.2) is 0 Å². The lowest BCUT2D eigenvalue weighted by molar-refractivity contribution is 0.170. The Morgan fingerprint density at radius 1 is 1.55 bits per heavy atom. The SMILES string of the molecule is NCCCC1CCNCC1F. The Hall–Kier alpha value is -0.150. The molecule has 11 heavy (non-hydrogen) atoms. The first-order valence-corrected chi connectivity index (χ1v) is 4.39. The highest BCUT2D eigenvalue weighted by atomic mass is 19.1. The van der Waals surface area contributed by atoms with Crippen LogP contribution in [-0.2, 0) is 0 Å². The predicted octanol–water partition coefficient (Wildman–Crippen LogP) is 0.673. The Morgan fingerprint density at radius 2 is 2.36 bits per heavy atom. The molecule has 1 saturated heterocycles. The minimum absolute atomic E-state index is 0.264. The van der Waals surface area contributed by atoms with E-state index in [1.165, 1.54) is 0 Å². The smallest absolute Gasteiger partial charge is 0.115 e. The van der Waals surface area contributed by atoms with Gasteiger partial charge in [-0.15, -0.1) is 0 Å². The number of piperidine rings is 1.